The number of fused-ring (bicyclic) bond motifs is 1. The van der Waals surface area contributed by atoms with E-state index in [1.54, 1.807) is 6.07 Å². The molecule has 1 heterocycles. The van der Waals surface area contributed by atoms with Gasteiger partial charge in [-0.05, 0) is 37.4 Å². The van der Waals surface area contributed by atoms with Crippen molar-refractivity contribution in [2.24, 2.45) is 0 Å². The van der Waals surface area contributed by atoms with Crippen LogP contribution in [0.2, 0.25) is 0 Å². The van der Waals surface area contributed by atoms with E-state index in [1.165, 1.54) is 12.1 Å². The van der Waals surface area contributed by atoms with Crippen LogP contribution in [-0.2, 0) is 0 Å². The van der Waals surface area contributed by atoms with Gasteiger partial charge in [0.25, 0.3) is 0 Å². The molecule has 0 fully saturated rings. The van der Waals surface area contributed by atoms with E-state index in [0.717, 1.165) is 32.2 Å². The molecule has 2 unspecified atom stereocenters. The van der Waals surface area contributed by atoms with Crippen LogP contribution < -0.4 is 10.1 Å². The normalized spacial score (nSPS) is 20.8. The Bertz CT molecular complexity index is 677. The molecule has 5 heteroatoms. The van der Waals surface area contributed by atoms with Crippen LogP contribution in [0.5, 0.6) is 5.75 Å². The SMILES string of the molecule is CNC1CC(c2cc(F)ccc2Br)Oc2cc(Br)ccc21. The van der Waals surface area contributed by atoms with Crippen molar-refractivity contribution in [3.8, 4) is 5.75 Å². The van der Waals surface area contributed by atoms with Crippen molar-refractivity contribution in [3.63, 3.8) is 0 Å². The molecule has 0 bridgehead atoms. The molecule has 1 aliphatic rings. The number of rotatable bonds is 2. The minimum Gasteiger partial charge on any atom is -0.485 e. The number of ether oxygens (including phenoxy) is 1. The van der Waals surface area contributed by atoms with Crippen LogP contribution in [0, 0.1) is 5.82 Å². The van der Waals surface area contributed by atoms with Crippen molar-refractivity contribution in [2.75, 3.05) is 7.05 Å². The van der Waals surface area contributed by atoms with Gasteiger partial charge in [-0.15, -0.1) is 0 Å². The minimum absolute atomic E-state index is 0.182. The highest BCUT2D eigenvalue weighted by Gasteiger charge is 2.29. The number of hydrogen-bond acceptors (Lipinski definition) is 2. The Morgan fingerprint density at radius 1 is 1.14 bits per heavy atom. The minimum atomic E-state index is -0.252. The summed E-state index contributed by atoms with van der Waals surface area (Å²) in [7, 11) is 1.93. The summed E-state index contributed by atoms with van der Waals surface area (Å²) in [6.07, 6.45) is 0.571. The van der Waals surface area contributed by atoms with Gasteiger partial charge in [0.2, 0.25) is 0 Å². The predicted molar refractivity (Wildman–Crippen MR) is 88.0 cm³/mol. The van der Waals surface area contributed by atoms with Gasteiger partial charge < -0.3 is 10.1 Å². The Labute approximate surface area is 140 Å². The van der Waals surface area contributed by atoms with Gasteiger partial charge in [-0.2, -0.15) is 0 Å². The van der Waals surface area contributed by atoms with E-state index < -0.39 is 0 Å². The molecule has 0 aliphatic carbocycles. The average molecular weight is 415 g/mol. The summed E-state index contributed by atoms with van der Waals surface area (Å²) in [4.78, 5) is 0. The van der Waals surface area contributed by atoms with Crippen LogP contribution >= 0.6 is 31.9 Å². The zero-order chi connectivity index (χ0) is 15.0. The molecule has 0 amide bonds. The summed E-state index contributed by atoms with van der Waals surface area (Å²) in [5.74, 6) is 0.578. The molecule has 1 N–H and O–H groups in total. The second-order valence-electron chi connectivity index (χ2n) is 5.03. The molecule has 0 aromatic heterocycles. The Hall–Kier alpha value is -0.910. The van der Waals surface area contributed by atoms with Crippen molar-refractivity contribution in [2.45, 2.75) is 18.6 Å². The van der Waals surface area contributed by atoms with Gasteiger partial charge in [0.1, 0.15) is 17.7 Å². The van der Waals surface area contributed by atoms with E-state index >= 15 is 0 Å². The molecule has 0 saturated heterocycles. The molecule has 2 nitrogen and oxygen atoms in total. The molecular weight excluding hydrogens is 401 g/mol. The lowest BCUT2D eigenvalue weighted by atomic mass is 9.93. The van der Waals surface area contributed by atoms with E-state index in [1.807, 2.05) is 19.2 Å². The molecule has 2 atom stereocenters. The highest BCUT2D eigenvalue weighted by Crippen LogP contribution is 2.43. The molecule has 0 spiro atoms. The van der Waals surface area contributed by atoms with Gasteiger partial charge in [0.15, 0.2) is 0 Å². The second kappa shape index (κ2) is 6.07. The predicted octanol–water partition coefficient (Wildman–Crippen LogP) is 5.14. The fourth-order valence-corrected chi connectivity index (χ4v) is 3.51. The molecule has 21 heavy (non-hydrogen) atoms. The van der Waals surface area contributed by atoms with Crippen molar-refractivity contribution in [3.05, 3.63) is 62.3 Å². The van der Waals surface area contributed by atoms with Crippen LogP contribution in [0.15, 0.2) is 45.3 Å². The second-order valence-corrected chi connectivity index (χ2v) is 6.80. The number of hydrogen-bond donors (Lipinski definition) is 1. The molecule has 0 radical (unpaired) electrons. The van der Waals surface area contributed by atoms with Gasteiger partial charge in [-0.1, -0.05) is 37.9 Å². The maximum absolute atomic E-state index is 13.5. The molecule has 0 saturated carbocycles. The van der Waals surface area contributed by atoms with Crippen LogP contribution in [0.25, 0.3) is 0 Å². The quantitative estimate of drug-likeness (QED) is 0.734. The lowest BCUT2D eigenvalue weighted by molar-refractivity contribution is 0.153. The van der Waals surface area contributed by atoms with Crippen LogP contribution in [0.4, 0.5) is 4.39 Å². The summed E-state index contributed by atoms with van der Waals surface area (Å²) in [6, 6.07) is 10.9. The smallest absolute Gasteiger partial charge is 0.127 e. The van der Waals surface area contributed by atoms with Crippen LogP contribution in [0.1, 0.15) is 29.7 Å². The highest BCUT2D eigenvalue weighted by atomic mass is 79.9. The van der Waals surface area contributed by atoms with Gasteiger partial charge in [-0.3, -0.25) is 0 Å². The third kappa shape index (κ3) is 3.00. The first-order chi connectivity index (χ1) is 10.1. The molecule has 2 aromatic carbocycles. The van der Waals surface area contributed by atoms with Gasteiger partial charge in [-0.25, -0.2) is 4.39 Å². The first-order valence-corrected chi connectivity index (χ1v) is 8.25. The standard InChI is InChI=1S/C16H14Br2FNO/c1-20-14-8-16(12-7-10(19)3-5-13(12)18)21-15-6-9(17)2-4-11(14)15/h2-7,14,16,20H,8H2,1H3. The molecule has 3 rings (SSSR count). The summed E-state index contributed by atoms with van der Waals surface area (Å²) in [5.41, 5.74) is 1.96. The maximum atomic E-state index is 13.5. The first kappa shape index (κ1) is 15.0. The molecule has 2 aromatic rings. The Kier molecular flexibility index (Phi) is 4.33. The van der Waals surface area contributed by atoms with Crippen molar-refractivity contribution < 1.29 is 9.13 Å². The summed E-state index contributed by atoms with van der Waals surface area (Å²) in [5, 5.41) is 3.31. The molecule has 1 aliphatic heterocycles. The van der Waals surface area contributed by atoms with E-state index in [9.17, 15) is 4.39 Å². The Morgan fingerprint density at radius 3 is 2.71 bits per heavy atom. The van der Waals surface area contributed by atoms with E-state index in [2.05, 4.69) is 43.2 Å². The van der Waals surface area contributed by atoms with Crippen LogP contribution in [0.3, 0.4) is 0 Å². The Balaban J connectivity index is 2.01. The molecule has 110 valence electrons. The van der Waals surface area contributed by atoms with Gasteiger partial charge in [0.05, 0.1) is 0 Å². The highest BCUT2D eigenvalue weighted by molar-refractivity contribution is 9.10. The fraction of sp³-hybridized carbons (Fsp3) is 0.250. The summed E-state index contributed by atoms with van der Waals surface area (Å²) < 4.78 is 21.5. The monoisotopic (exact) mass is 413 g/mol. The van der Waals surface area contributed by atoms with Crippen molar-refractivity contribution in [1.29, 1.82) is 0 Å². The van der Waals surface area contributed by atoms with E-state index in [4.69, 9.17) is 4.74 Å². The zero-order valence-corrected chi connectivity index (χ0v) is 14.5. The summed E-state index contributed by atoms with van der Waals surface area (Å²) >= 11 is 6.95. The molecular formula is C16H14Br2FNO. The largest absolute Gasteiger partial charge is 0.485 e. The lowest BCUT2D eigenvalue weighted by Gasteiger charge is -2.33. The Morgan fingerprint density at radius 2 is 1.95 bits per heavy atom. The van der Waals surface area contributed by atoms with Crippen molar-refractivity contribution in [1.82, 2.24) is 5.32 Å². The van der Waals surface area contributed by atoms with E-state index in [-0.39, 0.29) is 18.0 Å². The van der Waals surface area contributed by atoms with E-state index in [0.29, 0.717) is 0 Å². The number of halogens is 3. The van der Waals surface area contributed by atoms with Gasteiger partial charge >= 0.3 is 0 Å². The summed E-state index contributed by atoms with van der Waals surface area (Å²) in [6.45, 7) is 0. The number of benzene rings is 2. The fourth-order valence-electron chi connectivity index (χ4n) is 2.67. The first-order valence-electron chi connectivity index (χ1n) is 6.67. The lowest BCUT2D eigenvalue weighted by Crippen LogP contribution is -2.27. The van der Waals surface area contributed by atoms with Crippen LogP contribution in [-0.4, -0.2) is 7.05 Å². The zero-order valence-electron chi connectivity index (χ0n) is 11.4. The third-order valence-corrected chi connectivity index (χ3v) is 4.94. The topological polar surface area (TPSA) is 21.3 Å². The van der Waals surface area contributed by atoms with Crippen molar-refractivity contribution >= 4 is 31.9 Å². The maximum Gasteiger partial charge on any atom is 0.127 e. The number of nitrogens with one attached hydrogen (secondary N) is 1. The average Bonchev–Trinajstić information content (AvgIpc) is 2.48. The van der Waals surface area contributed by atoms with Gasteiger partial charge in [0, 0.05) is 32.5 Å². The third-order valence-electron chi connectivity index (χ3n) is 3.72.